The summed E-state index contributed by atoms with van der Waals surface area (Å²) in [6.07, 6.45) is 7.72. The number of sulfonamides is 1. The lowest BCUT2D eigenvalue weighted by atomic mass is 9.91. The minimum atomic E-state index is -3.12. The standard InChI is InChI=1S/C16H24N2O3S/c19-16-11-15(5-8-17-16)14-6-9-18(10-7-14)22(20,21)12-13-3-1-2-4-13/h5,8,11,13-14H,1-4,6-7,9-10,12H2,(H,17,19). The predicted molar refractivity (Wildman–Crippen MR) is 86.4 cm³/mol. The van der Waals surface area contributed by atoms with Crippen LogP contribution in [0.3, 0.4) is 0 Å². The van der Waals surface area contributed by atoms with Crippen molar-refractivity contribution in [2.24, 2.45) is 5.92 Å². The van der Waals surface area contributed by atoms with Crippen LogP contribution in [0.1, 0.15) is 50.0 Å². The zero-order valence-electron chi connectivity index (χ0n) is 12.8. The molecule has 0 aromatic carbocycles. The van der Waals surface area contributed by atoms with Crippen molar-refractivity contribution in [3.8, 4) is 0 Å². The van der Waals surface area contributed by atoms with E-state index < -0.39 is 10.0 Å². The van der Waals surface area contributed by atoms with Crippen LogP contribution in [0.4, 0.5) is 0 Å². The van der Waals surface area contributed by atoms with E-state index in [1.807, 2.05) is 6.07 Å². The van der Waals surface area contributed by atoms with Gasteiger partial charge in [-0.25, -0.2) is 12.7 Å². The highest BCUT2D eigenvalue weighted by molar-refractivity contribution is 7.89. The molecule has 0 bridgehead atoms. The van der Waals surface area contributed by atoms with Gasteiger partial charge in [-0.05, 0) is 49.1 Å². The molecule has 2 heterocycles. The zero-order valence-corrected chi connectivity index (χ0v) is 13.6. The first-order chi connectivity index (χ1) is 10.5. The van der Waals surface area contributed by atoms with Crippen molar-refractivity contribution in [2.75, 3.05) is 18.8 Å². The zero-order chi connectivity index (χ0) is 15.6. The van der Waals surface area contributed by atoms with Gasteiger partial charge < -0.3 is 4.98 Å². The van der Waals surface area contributed by atoms with Crippen LogP contribution in [0.25, 0.3) is 0 Å². The van der Waals surface area contributed by atoms with Crippen molar-refractivity contribution >= 4 is 10.0 Å². The molecule has 2 fully saturated rings. The summed E-state index contributed by atoms with van der Waals surface area (Å²) in [5, 5.41) is 0. The van der Waals surface area contributed by atoms with E-state index in [-0.39, 0.29) is 5.56 Å². The lowest BCUT2D eigenvalue weighted by Crippen LogP contribution is -2.40. The van der Waals surface area contributed by atoms with Crippen LogP contribution in [0, 0.1) is 5.92 Å². The minimum absolute atomic E-state index is 0.0891. The number of H-pyrrole nitrogens is 1. The molecule has 1 N–H and O–H groups in total. The maximum atomic E-state index is 12.5. The Hall–Kier alpha value is -1.14. The number of pyridine rings is 1. The van der Waals surface area contributed by atoms with Gasteiger partial charge >= 0.3 is 0 Å². The number of aromatic amines is 1. The maximum Gasteiger partial charge on any atom is 0.248 e. The molecule has 1 saturated heterocycles. The summed E-state index contributed by atoms with van der Waals surface area (Å²) in [5.74, 6) is 0.971. The van der Waals surface area contributed by atoms with Crippen molar-refractivity contribution in [3.63, 3.8) is 0 Å². The summed E-state index contributed by atoms with van der Waals surface area (Å²) in [6, 6.07) is 3.56. The number of nitrogens with one attached hydrogen (secondary N) is 1. The van der Waals surface area contributed by atoms with Crippen molar-refractivity contribution in [1.82, 2.24) is 9.29 Å². The van der Waals surface area contributed by atoms with Crippen LogP contribution in [0.5, 0.6) is 0 Å². The maximum absolute atomic E-state index is 12.5. The van der Waals surface area contributed by atoms with E-state index >= 15 is 0 Å². The summed E-state index contributed by atoms with van der Waals surface area (Å²) in [4.78, 5) is 14.0. The van der Waals surface area contributed by atoms with Crippen molar-refractivity contribution in [3.05, 3.63) is 34.2 Å². The summed E-state index contributed by atoms with van der Waals surface area (Å²) in [7, 11) is -3.12. The minimum Gasteiger partial charge on any atom is -0.329 e. The lowest BCUT2D eigenvalue weighted by molar-refractivity contribution is 0.317. The summed E-state index contributed by atoms with van der Waals surface area (Å²) >= 11 is 0. The van der Waals surface area contributed by atoms with Crippen LogP contribution in [0.15, 0.2) is 23.1 Å². The van der Waals surface area contributed by atoms with Gasteiger partial charge in [-0.15, -0.1) is 0 Å². The molecule has 6 heteroatoms. The molecule has 0 atom stereocenters. The first-order valence-corrected chi connectivity index (χ1v) is 9.82. The molecule has 2 aliphatic rings. The largest absolute Gasteiger partial charge is 0.329 e. The van der Waals surface area contributed by atoms with Crippen LogP contribution in [-0.4, -0.2) is 36.5 Å². The van der Waals surface area contributed by atoms with E-state index in [0.29, 0.717) is 30.7 Å². The molecule has 5 nitrogen and oxygen atoms in total. The van der Waals surface area contributed by atoms with Gasteiger partial charge in [-0.1, -0.05) is 12.8 Å². The van der Waals surface area contributed by atoms with E-state index in [4.69, 9.17) is 0 Å². The Bertz CT molecular complexity index is 654. The first-order valence-electron chi connectivity index (χ1n) is 8.21. The van der Waals surface area contributed by atoms with E-state index in [9.17, 15) is 13.2 Å². The van der Waals surface area contributed by atoms with Gasteiger partial charge in [0.2, 0.25) is 15.6 Å². The molecule has 0 spiro atoms. The molecular weight excluding hydrogens is 300 g/mol. The quantitative estimate of drug-likeness (QED) is 0.922. The van der Waals surface area contributed by atoms with Crippen LogP contribution < -0.4 is 5.56 Å². The second-order valence-corrected chi connectivity index (χ2v) is 8.60. The molecule has 1 aromatic rings. The molecule has 1 aromatic heterocycles. The molecule has 0 amide bonds. The van der Waals surface area contributed by atoms with Crippen LogP contribution in [0.2, 0.25) is 0 Å². The summed E-state index contributed by atoms with van der Waals surface area (Å²) < 4.78 is 26.7. The average molecular weight is 324 g/mol. The van der Waals surface area contributed by atoms with Crippen molar-refractivity contribution < 1.29 is 8.42 Å². The molecule has 3 rings (SSSR count). The number of nitrogens with zero attached hydrogens (tertiary/aromatic N) is 1. The van der Waals surface area contributed by atoms with Gasteiger partial charge in [0, 0.05) is 25.4 Å². The molecule has 1 aliphatic heterocycles. The normalized spacial score (nSPS) is 22.2. The van der Waals surface area contributed by atoms with Gasteiger partial charge in [0.05, 0.1) is 5.75 Å². The third-order valence-corrected chi connectivity index (χ3v) is 7.08. The second kappa shape index (κ2) is 6.54. The Morgan fingerprint density at radius 2 is 1.82 bits per heavy atom. The fourth-order valence-electron chi connectivity index (χ4n) is 3.76. The molecule has 122 valence electrons. The third kappa shape index (κ3) is 3.60. The Kier molecular flexibility index (Phi) is 4.68. The number of aromatic nitrogens is 1. The Labute approximate surface area is 131 Å². The fraction of sp³-hybridized carbons (Fsp3) is 0.688. The van der Waals surface area contributed by atoms with Crippen LogP contribution >= 0.6 is 0 Å². The second-order valence-electron chi connectivity index (χ2n) is 6.59. The number of hydrogen-bond donors (Lipinski definition) is 1. The summed E-state index contributed by atoms with van der Waals surface area (Å²) in [6.45, 7) is 1.15. The number of piperidine rings is 1. The SMILES string of the molecule is O=c1cc(C2CCN(S(=O)(=O)CC3CCCC3)CC2)cc[nH]1. The van der Waals surface area contributed by atoms with E-state index in [1.54, 1.807) is 16.6 Å². The molecule has 1 aliphatic carbocycles. The van der Waals surface area contributed by atoms with Gasteiger partial charge in [0.1, 0.15) is 0 Å². The smallest absolute Gasteiger partial charge is 0.248 e. The van der Waals surface area contributed by atoms with Crippen LogP contribution in [-0.2, 0) is 10.0 Å². The van der Waals surface area contributed by atoms with E-state index in [1.165, 1.54) is 12.8 Å². The molecular formula is C16H24N2O3S. The first kappa shape index (κ1) is 15.7. The average Bonchev–Trinajstić information content (AvgIpc) is 2.99. The Balaban J connectivity index is 1.60. The Morgan fingerprint density at radius 1 is 1.14 bits per heavy atom. The van der Waals surface area contributed by atoms with Gasteiger partial charge in [0.15, 0.2) is 0 Å². The van der Waals surface area contributed by atoms with Gasteiger partial charge in [-0.2, -0.15) is 0 Å². The predicted octanol–water partition coefficient (Wildman–Crippen LogP) is 2.07. The highest BCUT2D eigenvalue weighted by atomic mass is 32.2. The highest BCUT2D eigenvalue weighted by Crippen LogP contribution is 2.31. The Morgan fingerprint density at radius 3 is 2.45 bits per heavy atom. The van der Waals surface area contributed by atoms with E-state index in [0.717, 1.165) is 31.2 Å². The molecule has 22 heavy (non-hydrogen) atoms. The number of rotatable bonds is 4. The fourth-order valence-corrected chi connectivity index (χ4v) is 5.67. The topological polar surface area (TPSA) is 70.2 Å². The van der Waals surface area contributed by atoms with Crippen molar-refractivity contribution in [2.45, 2.75) is 44.4 Å². The lowest BCUT2D eigenvalue weighted by Gasteiger charge is -2.32. The highest BCUT2D eigenvalue weighted by Gasteiger charge is 2.31. The molecule has 0 radical (unpaired) electrons. The monoisotopic (exact) mass is 324 g/mol. The van der Waals surface area contributed by atoms with E-state index in [2.05, 4.69) is 4.98 Å². The summed E-state index contributed by atoms with van der Waals surface area (Å²) in [5.41, 5.74) is 0.936. The van der Waals surface area contributed by atoms with Gasteiger partial charge in [0.25, 0.3) is 0 Å². The van der Waals surface area contributed by atoms with Gasteiger partial charge in [-0.3, -0.25) is 4.79 Å². The number of hydrogen-bond acceptors (Lipinski definition) is 3. The molecule has 1 saturated carbocycles. The third-order valence-electron chi connectivity index (χ3n) is 5.04. The molecule has 0 unspecified atom stereocenters. The van der Waals surface area contributed by atoms with Crippen molar-refractivity contribution in [1.29, 1.82) is 0 Å².